The highest BCUT2D eigenvalue weighted by Gasteiger charge is 2.22. The molecule has 124 valence electrons. The zero-order valence-electron chi connectivity index (χ0n) is 13.3. The zero-order valence-corrected chi connectivity index (χ0v) is 14.1. The van der Waals surface area contributed by atoms with Gasteiger partial charge in [-0.05, 0) is 26.0 Å². The topological polar surface area (TPSA) is 107 Å². The molecule has 2 aromatic rings. The summed E-state index contributed by atoms with van der Waals surface area (Å²) >= 11 is 0. The molecule has 0 fully saturated rings. The maximum atomic E-state index is 11.8. The lowest BCUT2D eigenvalue weighted by molar-refractivity contribution is -0.387. The molecule has 0 aliphatic rings. The predicted molar refractivity (Wildman–Crippen MR) is 86.2 cm³/mol. The quantitative estimate of drug-likeness (QED) is 0.659. The third kappa shape index (κ3) is 3.50. The van der Waals surface area contributed by atoms with E-state index < -0.39 is 20.4 Å². The second-order valence-electron chi connectivity index (χ2n) is 5.34. The Morgan fingerprint density at radius 1 is 1.35 bits per heavy atom. The fraction of sp³-hybridized carbons (Fsp3) is 0.357. The minimum Gasteiger partial charge on any atom is -0.381 e. The van der Waals surface area contributed by atoms with Crippen LogP contribution in [0.3, 0.4) is 0 Å². The zero-order chi connectivity index (χ0) is 17.4. The Labute approximate surface area is 134 Å². The fourth-order valence-corrected chi connectivity index (χ4v) is 3.20. The Kier molecular flexibility index (Phi) is 4.42. The van der Waals surface area contributed by atoms with E-state index in [1.165, 1.54) is 18.2 Å². The van der Waals surface area contributed by atoms with Crippen LogP contribution in [0, 0.1) is 24.0 Å². The smallest absolute Gasteiger partial charge is 0.288 e. The van der Waals surface area contributed by atoms with E-state index in [4.69, 9.17) is 0 Å². The lowest BCUT2D eigenvalue weighted by Gasteiger charge is -2.09. The SMILES string of the molecule is Cc1nn(C)c(C)c1CNc1ccc([N+](=O)[O-])c(S(C)(=O)=O)c1. The molecule has 9 heteroatoms. The number of nitro groups is 1. The molecule has 2 rings (SSSR count). The first-order valence-electron chi connectivity index (χ1n) is 6.82. The normalized spacial score (nSPS) is 11.5. The van der Waals surface area contributed by atoms with Gasteiger partial charge >= 0.3 is 0 Å². The highest BCUT2D eigenvalue weighted by molar-refractivity contribution is 7.90. The van der Waals surface area contributed by atoms with Crippen molar-refractivity contribution in [2.75, 3.05) is 11.6 Å². The number of sulfone groups is 1. The van der Waals surface area contributed by atoms with E-state index >= 15 is 0 Å². The van der Waals surface area contributed by atoms with Crippen LogP contribution in [0.4, 0.5) is 11.4 Å². The number of rotatable bonds is 5. The number of anilines is 1. The van der Waals surface area contributed by atoms with Crippen molar-refractivity contribution >= 4 is 21.2 Å². The van der Waals surface area contributed by atoms with Gasteiger partial charge < -0.3 is 5.32 Å². The van der Waals surface area contributed by atoms with Crippen LogP contribution in [0.5, 0.6) is 0 Å². The van der Waals surface area contributed by atoms with Gasteiger partial charge in [-0.1, -0.05) is 0 Å². The molecular formula is C14H18N4O4S. The van der Waals surface area contributed by atoms with Crippen LogP contribution in [0.25, 0.3) is 0 Å². The average Bonchev–Trinajstić information content (AvgIpc) is 2.69. The van der Waals surface area contributed by atoms with Gasteiger partial charge in [0.15, 0.2) is 9.84 Å². The van der Waals surface area contributed by atoms with Gasteiger partial charge in [0.25, 0.3) is 5.69 Å². The molecule has 0 saturated carbocycles. The molecule has 0 spiro atoms. The Morgan fingerprint density at radius 3 is 2.48 bits per heavy atom. The summed E-state index contributed by atoms with van der Waals surface area (Å²) < 4.78 is 25.3. The Bertz CT molecular complexity index is 871. The molecule has 1 aromatic carbocycles. The summed E-state index contributed by atoms with van der Waals surface area (Å²) in [4.78, 5) is 9.96. The second kappa shape index (κ2) is 5.99. The van der Waals surface area contributed by atoms with Gasteiger partial charge in [-0.2, -0.15) is 5.10 Å². The first kappa shape index (κ1) is 16.9. The van der Waals surface area contributed by atoms with Crippen LogP contribution in [0.2, 0.25) is 0 Å². The summed E-state index contributed by atoms with van der Waals surface area (Å²) in [6.07, 6.45) is 0.953. The summed E-state index contributed by atoms with van der Waals surface area (Å²) in [5.74, 6) is 0. The molecule has 0 aliphatic heterocycles. The summed E-state index contributed by atoms with van der Waals surface area (Å²) in [6, 6.07) is 3.98. The van der Waals surface area contributed by atoms with Crippen molar-refractivity contribution in [1.82, 2.24) is 9.78 Å². The molecule has 8 nitrogen and oxygen atoms in total. The van der Waals surface area contributed by atoms with Crippen molar-refractivity contribution in [1.29, 1.82) is 0 Å². The minimum atomic E-state index is -3.69. The van der Waals surface area contributed by atoms with E-state index in [1.807, 2.05) is 20.9 Å². The average molecular weight is 338 g/mol. The number of benzene rings is 1. The van der Waals surface area contributed by atoms with Crippen molar-refractivity contribution in [3.8, 4) is 0 Å². The number of aryl methyl sites for hydroxylation is 2. The lowest BCUT2D eigenvalue weighted by Crippen LogP contribution is -2.06. The molecule has 0 saturated heterocycles. The number of nitrogens with zero attached hydrogens (tertiary/aromatic N) is 3. The largest absolute Gasteiger partial charge is 0.381 e. The second-order valence-corrected chi connectivity index (χ2v) is 7.32. The van der Waals surface area contributed by atoms with E-state index in [9.17, 15) is 18.5 Å². The van der Waals surface area contributed by atoms with Crippen molar-refractivity contribution < 1.29 is 13.3 Å². The van der Waals surface area contributed by atoms with E-state index in [-0.39, 0.29) is 4.90 Å². The van der Waals surface area contributed by atoms with Crippen molar-refractivity contribution in [3.63, 3.8) is 0 Å². The number of nitro benzene ring substituents is 1. The number of hydrogen-bond acceptors (Lipinski definition) is 6. The molecule has 0 radical (unpaired) electrons. The summed E-state index contributed by atoms with van der Waals surface area (Å²) in [6.45, 7) is 4.28. The van der Waals surface area contributed by atoms with Crippen molar-refractivity contribution in [2.24, 2.45) is 7.05 Å². The number of hydrogen-bond donors (Lipinski definition) is 1. The highest BCUT2D eigenvalue weighted by Crippen LogP contribution is 2.27. The van der Waals surface area contributed by atoms with E-state index in [0.717, 1.165) is 23.2 Å². The van der Waals surface area contributed by atoms with E-state index in [2.05, 4.69) is 10.4 Å². The lowest BCUT2D eigenvalue weighted by atomic mass is 10.2. The third-order valence-electron chi connectivity index (χ3n) is 3.68. The third-order valence-corrected chi connectivity index (χ3v) is 4.81. The molecule has 1 aromatic heterocycles. The van der Waals surface area contributed by atoms with Crippen LogP contribution < -0.4 is 5.32 Å². The first-order valence-corrected chi connectivity index (χ1v) is 8.72. The van der Waals surface area contributed by atoms with Crippen LogP contribution in [0.15, 0.2) is 23.1 Å². The molecule has 0 aliphatic carbocycles. The van der Waals surface area contributed by atoms with E-state index in [1.54, 1.807) is 4.68 Å². The Hall–Kier alpha value is -2.42. The summed E-state index contributed by atoms with van der Waals surface area (Å²) in [5, 5.41) is 18.4. The molecule has 0 amide bonds. The van der Waals surface area contributed by atoms with Gasteiger partial charge in [-0.3, -0.25) is 14.8 Å². The van der Waals surface area contributed by atoms with Crippen molar-refractivity contribution in [3.05, 3.63) is 45.3 Å². The first-order chi connectivity index (χ1) is 10.6. The van der Waals surface area contributed by atoms with Gasteiger partial charge in [0.2, 0.25) is 0 Å². The molecular weight excluding hydrogens is 320 g/mol. The van der Waals surface area contributed by atoms with Crippen LogP contribution in [0.1, 0.15) is 17.0 Å². The predicted octanol–water partition coefficient (Wildman–Crippen LogP) is 1.96. The number of nitrogens with one attached hydrogen (secondary N) is 1. The molecule has 1 heterocycles. The monoisotopic (exact) mass is 338 g/mol. The molecule has 1 N–H and O–H groups in total. The van der Waals surface area contributed by atoms with Gasteiger partial charge in [-0.25, -0.2) is 8.42 Å². The Morgan fingerprint density at radius 2 is 2.00 bits per heavy atom. The fourth-order valence-electron chi connectivity index (χ4n) is 2.34. The Balaban J connectivity index is 2.33. The minimum absolute atomic E-state index is 0.299. The van der Waals surface area contributed by atoms with Crippen LogP contribution in [-0.4, -0.2) is 29.4 Å². The van der Waals surface area contributed by atoms with Gasteiger partial charge in [0, 0.05) is 42.9 Å². The molecule has 0 atom stereocenters. The van der Waals surface area contributed by atoms with Crippen LogP contribution in [-0.2, 0) is 23.4 Å². The summed E-state index contributed by atoms with van der Waals surface area (Å²) in [7, 11) is -1.85. The van der Waals surface area contributed by atoms with Gasteiger partial charge in [0.1, 0.15) is 4.90 Å². The van der Waals surface area contributed by atoms with Gasteiger partial charge in [0.05, 0.1) is 10.6 Å². The standard InChI is InChI=1S/C14H18N4O4S/c1-9-12(10(2)17(3)16-9)8-15-11-5-6-13(18(19)20)14(7-11)23(4,21)22/h5-7,15H,8H2,1-4H3. The maximum Gasteiger partial charge on any atom is 0.288 e. The molecule has 0 bridgehead atoms. The number of aromatic nitrogens is 2. The summed E-state index contributed by atoms with van der Waals surface area (Å²) in [5.41, 5.74) is 2.96. The maximum absolute atomic E-state index is 11.8. The van der Waals surface area contributed by atoms with E-state index in [0.29, 0.717) is 12.2 Å². The van der Waals surface area contributed by atoms with Crippen molar-refractivity contribution in [2.45, 2.75) is 25.3 Å². The van der Waals surface area contributed by atoms with Gasteiger partial charge in [-0.15, -0.1) is 0 Å². The highest BCUT2D eigenvalue weighted by atomic mass is 32.2. The van der Waals surface area contributed by atoms with Crippen LogP contribution >= 0.6 is 0 Å². The molecule has 23 heavy (non-hydrogen) atoms. The molecule has 0 unspecified atom stereocenters.